The molecule has 100 heavy (non-hydrogen) atoms. The predicted molar refractivity (Wildman–Crippen MR) is 384 cm³/mol. The number of likely N-dealkylation sites (tertiary alicyclic amines) is 1. The molecule has 1 heterocycles. The molecule has 1 saturated carbocycles. The van der Waals surface area contributed by atoms with Gasteiger partial charge in [0.05, 0.1) is 121 Å². The van der Waals surface area contributed by atoms with E-state index in [-0.39, 0.29) is 38.8 Å². The maximum atomic E-state index is 17.8. The van der Waals surface area contributed by atoms with Crippen molar-refractivity contribution in [3.63, 3.8) is 0 Å². The molecule has 0 amide bonds. The van der Waals surface area contributed by atoms with Crippen LogP contribution in [-0.2, 0) is 78.6 Å². The van der Waals surface area contributed by atoms with Crippen molar-refractivity contribution in [3.8, 4) is 0 Å². The molecule has 1 aliphatic heterocycles. The second kappa shape index (κ2) is 13.9. The average Bonchev–Trinajstić information content (AvgIpc) is 1.35. The third kappa shape index (κ3) is 3.52. The molecule has 34 rings (SSSR count). The third-order valence-electron chi connectivity index (χ3n) is 30.8. The number of carbonyl (C=O) groups excluding carboxylic acids is 2. The molecule has 0 aromatic heterocycles. The first kappa shape index (κ1) is 50.0. The van der Waals surface area contributed by atoms with Gasteiger partial charge in [-0.3, -0.25) is 14.5 Å². The number of ether oxygens (including phenoxy) is 10. The summed E-state index contributed by atoms with van der Waals surface area (Å²) in [5, 5.41) is 69.5. The van der Waals surface area contributed by atoms with E-state index in [1.54, 1.807) is 79.6 Å². The summed E-state index contributed by atoms with van der Waals surface area (Å²) in [7, 11) is 3.34. The lowest BCUT2D eigenvalue weighted by atomic mass is 9.50. The summed E-state index contributed by atoms with van der Waals surface area (Å²) >= 11 is 0. The second-order valence-corrected chi connectivity index (χ2v) is 32.6. The van der Waals surface area contributed by atoms with Crippen molar-refractivity contribution in [2.75, 3.05) is 146 Å². The number of hydrogen-bond acceptors (Lipinski definition) is 13. The Hall–Kier alpha value is -8.45. The summed E-state index contributed by atoms with van der Waals surface area (Å²) in [6, 6.07) is 0. The summed E-state index contributed by atoms with van der Waals surface area (Å²) in [6.07, 6.45) is 0. The molecule has 2 fully saturated rings. The molecule has 15 heteroatoms. The minimum atomic E-state index is -1.91. The first-order valence-electron chi connectivity index (χ1n) is 36.4. The number of benzene rings is 16. The third-order valence-corrected chi connectivity index (χ3v) is 30.8. The zero-order valence-corrected chi connectivity index (χ0v) is 54.8. The normalized spacial score (nSPS) is 23.5. The van der Waals surface area contributed by atoms with Crippen molar-refractivity contribution >= 4 is 270 Å². The number of methoxy groups -OCH3 is 2. The fourth-order valence-electron chi connectivity index (χ4n) is 29.9. The Kier molecular flexibility index (Phi) is 6.95. The lowest BCUT2D eigenvalue weighted by molar-refractivity contribution is -0.374. The van der Waals surface area contributed by atoms with Gasteiger partial charge in [-0.25, -0.2) is 0 Å². The summed E-state index contributed by atoms with van der Waals surface area (Å²) in [4.78, 5) is 38.4. The molecular formula is C85H49ClN2O12. The number of hydrogen-bond donors (Lipinski definition) is 1. The van der Waals surface area contributed by atoms with Crippen LogP contribution in [0.3, 0.4) is 0 Å². The van der Waals surface area contributed by atoms with Crippen LogP contribution < -0.4 is 18.1 Å². The van der Waals surface area contributed by atoms with E-state index in [2.05, 4.69) is 10.6 Å². The number of halogens is 1. The fraction of sp³-hybridized carbons (Fsp3) is 0.318. The molecule has 14 nitrogen and oxygen atoms in total. The summed E-state index contributed by atoms with van der Waals surface area (Å²) in [6.45, 7) is 9.20. The second-order valence-electron chi connectivity index (χ2n) is 32.6. The number of rotatable bonds is 28. The summed E-state index contributed by atoms with van der Waals surface area (Å²) in [5.41, 5.74) is 9.93. The van der Waals surface area contributed by atoms with Crippen molar-refractivity contribution in [2.24, 2.45) is 5.41 Å². The summed E-state index contributed by atoms with van der Waals surface area (Å²) in [5.74, 6) is -1.02. The highest BCUT2D eigenvalue weighted by atomic mass is 35.5. The Morgan fingerprint density at radius 3 is 0.750 bits per heavy atom. The Morgan fingerprint density at radius 2 is 0.480 bits per heavy atom. The molecule has 24 aromatic rings. The molecule has 10 aliphatic rings. The predicted octanol–water partition coefficient (Wildman–Crippen LogP) is 9.90. The average molecular weight is 1330 g/mol. The first-order chi connectivity index (χ1) is 49.1. The van der Waals surface area contributed by atoms with Crippen molar-refractivity contribution in [1.82, 2.24) is 4.90 Å². The smallest absolute Gasteiger partial charge is 0.326 e. The van der Waals surface area contributed by atoms with E-state index in [1.807, 2.05) is 0 Å². The number of nitrogens with zero attached hydrogens (tertiary/aromatic N) is 1. The van der Waals surface area contributed by atoms with E-state index < -0.39 is 39.0 Å². The Balaban J connectivity index is 0.00000520. The standard InChI is InChI=1S/C85H48N2O12.ClH/c1-90-7-9-94-13-15-96-17-19-98-79(88)85(80(89)99-20-18-97-16-14-95-10-8-91-2)83-75-61-48-34-27-26-30-23-24-29-25-28(23)38-46-37(30)44-33(26)35-36(34)49-43-45(35)56-55(44)71-57(46)58-47(38)39-32(25)42-51-41(29)50(40(48)31(24)27)63(75)64(51)76-65-53(42)52(39)59-67-69(65)78(84(76,83)85)70-66(77(83)62(49)61)54(43)60-68(70)74(67)82(72(58)59)22-87(21-81(71,82)73(56)60)4-6-93-12-11-92-5-3-86;/h3-22,86H2,1-2H3;1H. The van der Waals surface area contributed by atoms with Gasteiger partial charge in [0.15, 0.2) is 5.41 Å². The highest BCUT2D eigenvalue weighted by Gasteiger charge is 3.02. The SMILES string of the molecule is COCCOCCOCCOC(=O)C1(C(=O)OCCOCCOCCOC)C23c4c5c6c7c8c4c4c2c2c9c%10c%11c%12c(c5c5c6c6c%13c%14c%15c%16c%17c(c8c8c4c4c2c2c9c9c%11c%11c%18c%12c5c%13c%18c5c%14c%12c%16c%13c%17c8c4c4c%13c8c%12c5c%11c9c8c24)C72CN(CCOCCOCC[NH3+])CC6%152)C%1013.[Cl-]. The molecule has 9 aliphatic carbocycles. The topological polar surface area (TPSA) is 157 Å². The quantitative estimate of drug-likeness (QED) is 0.0214. The summed E-state index contributed by atoms with van der Waals surface area (Å²) < 4.78 is 61.6. The van der Waals surface area contributed by atoms with Crippen LogP contribution in [0.15, 0.2) is 0 Å². The molecular weight excluding hydrogens is 1280 g/mol. The van der Waals surface area contributed by atoms with Crippen molar-refractivity contribution in [1.29, 1.82) is 0 Å². The monoisotopic (exact) mass is 1320 g/mol. The number of esters is 2. The van der Waals surface area contributed by atoms with Crippen molar-refractivity contribution in [2.45, 2.75) is 21.7 Å². The van der Waals surface area contributed by atoms with E-state index >= 15 is 9.59 Å². The van der Waals surface area contributed by atoms with E-state index in [9.17, 15) is 0 Å². The van der Waals surface area contributed by atoms with E-state index in [4.69, 9.17) is 47.4 Å². The van der Waals surface area contributed by atoms with Crippen LogP contribution in [0.5, 0.6) is 0 Å². The van der Waals surface area contributed by atoms with Gasteiger partial charge in [-0.2, -0.15) is 0 Å². The van der Waals surface area contributed by atoms with Gasteiger partial charge in [0.1, 0.15) is 13.2 Å². The van der Waals surface area contributed by atoms with Crippen LogP contribution >= 0.6 is 0 Å². The van der Waals surface area contributed by atoms with Crippen LogP contribution in [0, 0.1) is 5.41 Å². The van der Waals surface area contributed by atoms with Gasteiger partial charge in [0.25, 0.3) is 0 Å². The first-order valence-corrected chi connectivity index (χ1v) is 36.4. The Bertz CT molecular complexity index is 8020. The molecule has 0 radical (unpaired) electrons. The molecule has 4 spiro atoms. The minimum Gasteiger partial charge on any atom is -1.00 e. The largest absolute Gasteiger partial charge is 1.00 e. The zero-order chi connectivity index (χ0) is 62.8. The van der Waals surface area contributed by atoms with Gasteiger partial charge < -0.3 is 65.5 Å². The van der Waals surface area contributed by atoms with Gasteiger partial charge in [-0.15, -0.1) is 0 Å². The molecule has 3 N–H and O–H groups in total. The molecule has 4 atom stereocenters. The maximum Gasteiger partial charge on any atom is 0.326 e. The molecule has 1 saturated heterocycles. The minimum absolute atomic E-state index is 0. The van der Waals surface area contributed by atoms with Crippen molar-refractivity contribution in [3.05, 3.63) is 44.5 Å². The molecule has 24 aromatic carbocycles. The van der Waals surface area contributed by atoms with Gasteiger partial charge in [-0.05, 0) is 303 Å². The molecule has 478 valence electrons. The molecule has 4 unspecified atom stereocenters. The number of quaternary nitrogens is 1. The van der Waals surface area contributed by atoms with Gasteiger partial charge in [-0.1, -0.05) is 0 Å². The fourth-order valence-corrected chi connectivity index (χ4v) is 29.9. The zero-order valence-electron chi connectivity index (χ0n) is 54.1. The van der Waals surface area contributed by atoms with Crippen LogP contribution in [0.4, 0.5) is 0 Å². The van der Waals surface area contributed by atoms with E-state index in [1.165, 1.54) is 238 Å². The highest BCUT2D eigenvalue weighted by molar-refractivity contribution is 6.79. The van der Waals surface area contributed by atoms with Crippen molar-refractivity contribution < 1.29 is 75.1 Å². The van der Waals surface area contributed by atoms with Crippen LogP contribution in [0.1, 0.15) is 44.5 Å². The number of carbonyl (C=O) groups is 2. The lowest BCUT2D eigenvalue weighted by Gasteiger charge is -2.49. The van der Waals surface area contributed by atoms with Gasteiger partial charge in [0, 0.05) is 33.9 Å². The van der Waals surface area contributed by atoms with Gasteiger partial charge >= 0.3 is 11.9 Å². The Morgan fingerprint density at radius 1 is 0.280 bits per heavy atom. The van der Waals surface area contributed by atoms with Gasteiger partial charge in [0.2, 0.25) is 0 Å². The van der Waals surface area contributed by atoms with E-state index in [0.29, 0.717) is 79.3 Å². The highest BCUT2D eigenvalue weighted by Crippen LogP contribution is 2.97. The van der Waals surface area contributed by atoms with Crippen LogP contribution in [0.2, 0.25) is 0 Å². The van der Waals surface area contributed by atoms with E-state index in [0.717, 1.165) is 26.2 Å². The van der Waals surface area contributed by atoms with Crippen LogP contribution in [-0.4, -0.2) is 163 Å². The lowest BCUT2D eigenvalue weighted by Crippen LogP contribution is -3.00. The maximum absolute atomic E-state index is 17.8. The Labute approximate surface area is 565 Å². The molecule has 0 bridgehead atoms. The van der Waals surface area contributed by atoms with Crippen LogP contribution in [0.25, 0.3) is 259 Å².